The van der Waals surface area contributed by atoms with E-state index in [2.05, 4.69) is 15.6 Å². The minimum atomic E-state index is 0.122. The van der Waals surface area contributed by atoms with Crippen molar-refractivity contribution in [1.29, 1.82) is 0 Å². The largest absolute Gasteiger partial charge is 0.336 e. The lowest BCUT2D eigenvalue weighted by atomic mass is 10.2. The van der Waals surface area contributed by atoms with Crippen molar-refractivity contribution >= 4 is 28.7 Å². The Morgan fingerprint density at radius 1 is 1.16 bits per heavy atom. The standard InChI is InChI=1S/C20H21N3OS/c1-14-21-18-5-3-4-6-19(18)23(14)16-11-12-22(13-16)20(24)15-7-9-17(25-2)10-8-15/h3-10,16H,11-13H2,1-2H3/t16-/m1/s1. The van der Waals surface area contributed by atoms with Crippen LogP contribution in [0, 0.1) is 6.92 Å². The lowest BCUT2D eigenvalue weighted by Crippen LogP contribution is -2.29. The van der Waals surface area contributed by atoms with E-state index in [1.165, 1.54) is 4.90 Å². The smallest absolute Gasteiger partial charge is 0.253 e. The second-order valence-corrected chi connectivity index (χ2v) is 7.32. The van der Waals surface area contributed by atoms with Gasteiger partial charge in [-0.2, -0.15) is 0 Å². The van der Waals surface area contributed by atoms with Gasteiger partial charge >= 0.3 is 0 Å². The minimum absolute atomic E-state index is 0.122. The molecule has 4 nitrogen and oxygen atoms in total. The molecule has 2 heterocycles. The van der Waals surface area contributed by atoms with Crippen LogP contribution in [-0.4, -0.2) is 39.7 Å². The monoisotopic (exact) mass is 351 g/mol. The van der Waals surface area contributed by atoms with Crippen molar-refractivity contribution in [2.75, 3.05) is 19.3 Å². The van der Waals surface area contributed by atoms with E-state index in [1.807, 2.05) is 60.5 Å². The maximum Gasteiger partial charge on any atom is 0.253 e. The Balaban J connectivity index is 1.56. The van der Waals surface area contributed by atoms with Gasteiger partial charge in [0.2, 0.25) is 0 Å². The predicted octanol–water partition coefficient (Wildman–Crippen LogP) is 4.15. The first-order valence-corrected chi connectivity index (χ1v) is 9.77. The molecule has 5 heteroatoms. The second kappa shape index (κ2) is 6.56. The normalized spacial score (nSPS) is 17.4. The maximum absolute atomic E-state index is 12.8. The van der Waals surface area contributed by atoms with Crippen LogP contribution in [0.4, 0.5) is 0 Å². The van der Waals surface area contributed by atoms with Gasteiger partial charge < -0.3 is 9.47 Å². The summed E-state index contributed by atoms with van der Waals surface area (Å²) < 4.78 is 2.29. The summed E-state index contributed by atoms with van der Waals surface area (Å²) in [6.07, 6.45) is 3.01. The summed E-state index contributed by atoms with van der Waals surface area (Å²) in [7, 11) is 0. The van der Waals surface area contributed by atoms with Crippen LogP contribution in [0.15, 0.2) is 53.4 Å². The van der Waals surface area contributed by atoms with E-state index in [1.54, 1.807) is 11.8 Å². The molecule has 0 radical (unpaired) electrons. The number of likely N-dealkylation sites (tertiary alicyclic amines) is 1. The molecule has 0 bridgehead atoms. The summed E-state index contributed by atoms with van der Waals surface area (Å²) in [6, 6.07) is 16.4. The molecule has 4 rings (SSSR count). The highest BCUT2D eigenvalue weighted by Crippen LogP contribution is 2.29. The summed E-state index contributed by atoms with van der Waals surface area (Å²) in [5, 5.41) is 0. The summed E-state index contributed by atoms with van der Waals surface area (Å²) in [5.74, 6) is 1.14. The number of rotatable bonds is 3. The summed E-state index contributed by atoms with van der Waals surface area (Å²) in [6.45, 7) is 3.58. The Kier molecular flexibility index (Phi) is 4.25. The zero-order valence-electron chi connectivity index (χ0n) is 14.5. The molecule has 3 aromatic rings. The Morgan fingerprint density at radius 2 is 1.92 bits per heavy atom. The quantitative estimate of drug-likeness (QED) is 0.665. The van der Waals surface area contributed by atoms with Crippen molar-refractivity contribution in [1.82, 2.24) is 14.5 Å². The van der Waals surface area contributed by atoms with E-state index < -0.39 is 0 Å². The highest BCUT2D eigenvalue weighted by Gasteiger charge is 2.29. The van der Waals surface area contributed by atoms with Gasteiger partial charge in [-0.25, -0.2) is 4.98 Å². The van der Waals surface area contributed by atoms with Gasteiger partial charge in [-0.1, -0.05) is 12.1 Å². The van der Waals surface area contributed by atoms with E-state index in [0.29, 0.717) is 6.04 Å². The molecule has 1 saturated heterocycles. The SMILES string of the molecule is CSc1ccc(C(=O)N2CC[C@@H](n3c(C)nc4ccccc43)C2)cc1. The van der Waals surface area contributed by atoms with Crippen molar-refractivity contribution in [2.24, 2.45) is 0 Å². The number of carbonyl (C=O) groups is 1. The van der Waals surface area contributed by atoms with Crippen molar-refractivity contribution < 1.29 is 4.79 Å². The summed E-state index contributed by atoms with van der Waals surface area (Å²) in [5.41, 5.74) is 2.95. The number of imidazole rings is 1. The first-order chi connectivity index (χ1) is 12.2. The summed E-state index contributed by atoms with van der Waals surface area (Å²) >= 11 is 1.69. The van der Waals surface area contributed by atoms with Gasteiger partial charge in [0, 0.05) is 23.5 Å². The van der Waals surface area contributed by atoms with Gasteiger partial charge in [-0.3, -0.25) is 4.79 Å². The molecule has 1 atom stereocenters. The van der Waals surface area contributed by atoms with Crippen molar-refractivity contribution in [3.8, 4) is 0 Å². The Labute approximate surface area is 151 Å². The van der Waals surface area contributed by atoms with Crippen LogP contribution in [0.1, 0.15) is 28.6 Å². The number of amides is 1. The van der Waals surface area contributed by atoms with E-state index in [0.717, 1.165) is 41.9 Å². The molecule has 1 aromatic heterocycles. The molecule has 2 aromatic carbocycles. The Bertz CT molecular complexity index is 916. The molecule has 1 aliphatic heterocycles. The van der Waals surface area contributed by atoms with Crippen LogP contribution >= 0.6 is 11.8 Å². The summed E-state index contributed by atoms with van der Waals surface area (Å²) in [4.78, 5) is 20.6. The number of benzene rings is 2. The third-order valence-corrected chi connectivity index (χ3v) is 5.67. The van der Waals surface area contributed by atoms with Gasteiger partial charge in [0.25, 0.3) is 5.91 Å². The number of nitrogens with zero attached hydrogens (tertiary/aromatic N) is 3. The van der Waals surface area contributed by atoms with Crippen LogP contribution in [0.25, 0.3) is 11.0 Å². The molecule has 0 N–H and O–H groups in total. The topological polar surface area (TPSA) is 38.1 Å². The number of aryl methyl sites for hydroxylation is 1. The van der Waals surface area contributed by atoms with Crippen molar-refractivity contribution in [3.63, 3.8) is 0 Å². The number of hydrogen-bond donors (Lipinski definition) is 0. The van der Waals surface area contributed by atoms with Crippen LogP contribution in [0.3, 0.4) is 0 Å². The number of para-hydroxylation sites is 2. The van der Waals surface area contributed by atoms with Gasteiger partial charge in [0.05, 0.1) is 17.1 Å². The van der Waals surface area contributed by atoms with Crippen molar-refractivity contribution in [3.05, 3.63) is 59.9 Å². The fourth-order valence-electron chi connectivity index (χ4n) is 3.68. The maximum atomic E-state index is 12.8. The molecule has 0 unspecified atom stereocenters. The minimum Gasteiger partial charge on any atom is -0.336 e. The second-order valence-electron chi connectivity index (χ2n) is 6.44. The molecular formula is C20H21N3OS. The van der Waals surface area contributed by atoms with E-state index in [9.17, 15) is 4.79 Å². The highest BCUT2D eigenvalue weighted by molar-refractivity contribution is 7.98. The predicted molar refractivity (Wildman–Crippen MR) is 102 cm³/mol. The molecular weight excluding hydrogens is 330 g/mol. The number of carbonyl (C=O) groups excluding carboxylic acids is 1. The molecule has 0 spiro atoms. The van der Waals surface area contributed by atoms with Crippen molar-refractivity contribution in [2.45, 2.75) is 24.3 Å². The van der Waals surface area contributed by atoms with Gasteiger partial charge in [0.15, 0.2) is 0 Å². The molecule has 0 saturated carbocycles. The first-order valence-electron chi connectivity index (χ1n) is 8.54. The van der Waals surface area contributed by atoms with Gasteiger partial charge in [0.1, 0.15) is 5.82 Å². The zero-order valence-corrected chi connectivity index (χ0v) is 15.3. The Hall–Kier alpha value is -2.27. The lowest BCUT2D eigenvalue weighted by Gasteiger charge is -2.18. The first kappa shape index (κ1) is 16.2. The molecule has 1 amide bonds. The highest BCUT2D eigenvalue weighted by atomic mass is 32.2. The molecule has 1 aliphatic rings. The van der Waals surface area contributed by atoms with Gasteiger partial charge in [-0.05, 0) is 56.0 Å². The number of thioether (sulfide) groups is 1. The fraction of sp³-hybridized carbons (Fsp3) is 0.300. The van der Waals surface area contributed by atoms with Crippen LogP contribution in [-0.2, 0) is 0 Å². The average molecular weight is 351 g/mol. The molecule has 0 aliphatic carbocycles. The molecule has 25 heavy (non-hydrogen) atoms. The lowest BCUT2D eigenvalue weighted by molar-refractivity contribution is 0.0787. The molecule has 128 valence electrons. The van der Waals surface area contributed by atoms with Crippen LogP contribution < -0.4 is 0 Å². The number of hydrogen-bond acceptors (Lipinski definition) is 3. The third-order valence-electron chi connectivity index (χ3n) is 4.92. The van der Waals surface area contributed by atoms with Crippen LogP contribution in [0.5, 0.6) is 0 Å². The Morgan fingerprint density at radius 3 is 2.68 bits per heavy atom. The van der Waals surface area contributed by atoms with Gasteiger partial charge in [-0.15, -0.1) is 11.8 Å². The number of aromatic nitrogens is 2. The average Bonchev–Trinajstić information content (AvgIpc) is 3.24. The zero-order chi connectivity index (χ0) is 17.4. The van der Waals surface area contributed by atoms with E-state index in [-0.39, 0.29) is 5.91 Å². The molecule has 1 fully saturated rings. The third kappa shape index (κ3) is 2.93. The number of fused-ring (bicyclic) bond motifs is 1. The van der Waals surface area contributed by atoms with E-state index in [4.69, 9.17) is 0 Å². The van der Waals surface area contributed by atoms with Crippen LogP contribution in [0.2, 0.25) is 0 Å². The van der Waals surface area contributed by atoms with E-state index >= 15 is 0 Å². The fourth-order valence-corrected chi connectivity index (χ4v) is 4.09.